The molecule has 2 atom stereocenters. The van der Waals surface area contributed by atoms with Gasteiger partial charge in [-0.15, -0.1) is 0 Å². The molecule has 0 unspecified atom stereocenters. The molecule has 2 aromatic heterocycles. The molecule has 1 aliphatic rings. The fraction of sp³-hybridized carbons (Fsp3) is 0.640. The summed E-state index contributed by atoms with van der Waals surface area (Å²) in [4.78, 5) is 55.8. The quantitative estimate of drug-likeness (QED) is 0.686. The Bertz CT molecular complexity index is 1090. The van der Waals surface area contributed by atoms with Crippen LogP contribution in [0.3, 0.4) is 0 Å². The highest BCUT2D eigenvalue weighted by Crippen LogP contribution is 2.22. The van der Waals surface area contributed by atoms with Gasteiger partial charge in [0.1, 0.15) is 24.0 Å². The largest absolute Gasteiger partial charge is 0.344 e. The molecule has 11 nitrogen and oxygen atoms in total. The second kappa shape index (κ2) is 11.6. The number of hydrogen-bond donors (Lipinski definition) is 1. The Morgan fingerprint density at radius 3 is 2.42 bits per heavy atom. The van der Waals surface area contributed by atoms with Gasteiger partial charge in [0.25, 0.3) is 5.91 Å². The van der Waals surface area contributed by atoms with Gasteiger partial charge in [-0.05, 0) is 46.5 Å². The number of fused-ring (bicyclic) bond motifs is 1. The summed E-state index contributed by atoms with van der Waals surface area (Å²) >= 11 is 0. The van der Waals surface area contributed by atoms with Crippen molar-refractivity contribution in [3.8, 4) is 0 Å². The molecule has 1 N–H and O–H groups in total. The number of aromatic nitrogens is 5. The highest BCUT2D eigenvalue weighted by molar-refractivity contribution is 5.96. The van der Waals surface area contributed by atoms with Crippen molar-refractivity contribution in [3.63, 3.8) is 0 Å². The molecular formula is C25H38N8O3. The number of aryl methyl sites for hydroxylation is 3. The standard InChI is InChI=1S/C25H38N8O3/c1-15(2)13-20-23-28-19(6)30-33(23)12-11-32(25(36)22-16(3)26-14-27-17(22)4)10-8-9-21(34)31(7)18(5)24(35)29-20/h14-15,18,20H,8-13H2,1-7H3,(H,29,35)/t18-,20+/m0/s1. The van der Waals surface area contributed by atoms with Gasteiger partial charge in [0.15, 0.2) is 0 Å². The molecule has 0 fully saturated rings. The predicted octanol–water partition coefficient (Wildman–Crippen LogP) is 1.98. The van der Waals surface area contributed by atoms with Gasteiger partial charge in [-0.25, -0.2) is 19.6 Å². The predicted molar refractivity (Wildman–Crippen MR) is 134 cm³/mol. The molecule has 0 aromatic carbocycles. The Kier molecular flexibility index (Phi) is 8.75. The average molecular weight is 499 g/mol. The minimum atomic E-state index is -0.642. The zero-order valence-electron chi connectivity index (χ0n) is 22.4. The fourth-order valence-corrected chi connectivity index (χ4v) is 4.47. The van der Waals surface area contributed by atoms with Crippen molar-refractivity contribution in [1.29, 1.82) is 0 Å². The van der Waals surface area contributed by atoms with Crippen LogP contribution in [0, 0.1) is 26.7 Å². The second-order valence-corrected chi connectivity index (χ2v) is 9.93. The lowest BCUT2D eigenvalue weighted by atomic mass is 10.0. The molecule has 2 aromatic rings. The molecule has 196 valence electrons. The third kappa shape index (κ3) is 6.24. The highest BCUT2D eigenvalue weighted by Gasteiger charge is 2.29. The molecule has 0 radical (unpaired) electrons. The van der Waals surface area contributed by atoms with Gasteiger partial charge in [0.05, 0.1) is 29.5 Å². The minimum Gasteiger partial charge on any atom is -0.344 e. The van der Waals surface area contributed by atoms with E-state index in [0.717, 1.165) is 0 Å². The Morgan fingerprint density at radius 1 is 1.11 bits per heavy atom. The van der Waals surface area contributed by atoms with Crippen molar-refractivity contribution < 1.29 is 14.4 Å². The van der Waals surface area contributed by atoms with Crippen LogP contribution in [0.1, 0.15) is 79.5 Å². The van der Waals surface area contributed by atoms with Gasteiger partial charge in [0.2, 0.25) is 11.8 Å². The molecule has 3 rings (SSSR count). The van der Waals surface area contributed by atoms with Crippen LogP contribution in [0.2, 0.25) is 0 Å². The lowest BCUT2D eigenvalue weighted by Crippen LogP contribution is -2.47. The van der Waals surface area contributed by atoms with E-state index in [1.54, 1.807) is 37.4 Å². The van der Waals surface area contributed by atoms with E-state index in [0.29, 0.717) is 61.1 Å². The second-order valence-electron chi connectivity index (χ2n) is 9.93. The third-order valence-corrected chi connectivity index (χ3v) is 6.62. The molecule has 3 amide bonds. The van der Waals surface area contributed by atoms with Gasteiger partial charge in [0, 0.05) is 26.6 Å². The Morgan fingerprint density at radius 2 is 1.78 bits per heavy atom. The number of carbonyl (C=O) groups is 3. The molecule has 1 aliphatic heterocycles. The summed E-state index contributed by atoms with van der Waals surface area (Å²) in [6, 6.07) is -1.01. The first-order valence-corrected chi connectivity index (χ1v) is 12.5. The number of amides is 3. The summed E-state index contributed by atoms with van der Waals surface area (Å²) in [6.45, 7) is 12.4. The van der Waals surface area contributed by atoms with E-state index in [2.05, 4.69) is 39.2 Å². The number of nitrogens with zero attached hydrogens (tertiary/aromatic N) is 7. The molecule has 3 heterocycles. The van der Waals surface area contributed by atoms with Crippen molar-refractivity contribution in [3.05, 3.63) is 34.9 Å². The first-order valence-electron chi connectivity index (χ1n) is 12.5. The monoisotopic (exact) mass is 498 g/mol. The Labute approximate surface area is 212 Å². The molecule has 0 bridgehead atoms. The Hall–Kier alpha value is -3.37. The summed E-state index contributed by atoms with van der Waals surface area (Å²) in [5.41, 5.74) is 1.72. The van der Waals surface area contributed by atoms with Crippen LogP contribution in [0.5, 0.6) is 0 Å². The summed E-state index contributed by atoms with van der Waals surface area (Å²) in [5, 5.41) is 7.67. The van der Waals surface area contributed by atoms with E-state index in [-0.39, 0.29) is 36.1 Å². The van der Waals surface area contributed by atoms with Crippen LogP contribution in [-0.2, 0) is 16.1 Å². The Balaban J connectivity index is 2.00. The zero-order valence-corrected chi connectivity index (χ0v) is 22.4. The maximum absolute atomic E-state index is 13.6. The van der Waals surface area contributed by atoms with Crippen molar-refractivity contribution in [1.82, 2.24) is 39.8 Å². The van der Waals surface area contributed by atoms with E-state index in [1.807, 2.05) is 6.92 Å². The molecule has 0 aliphatic carbocycles. The van der Waals surface area contributed by atoms with Crippen LogP contribution < -0.4 is 5.32 Å². The van der Waals surface area contributed by atoms with Crippen molar-refractivity contribution in [2.24, 2.45) is 5.92 Å². The molecular weight excluding hydrogens is 460 g/mol. The van der Waals surface area contributed by atoms with Gasteiger partial charge in [-0.3, -0.25) is 14.4 Å². The van der Waals surface area contributed by atoms with Crippen molar-refractivity contribution in [2.45, 2.75) is 79.4 Å². The zero-order chi connectivity index (χ0) is 26.6. The van der Waals surface area contributed by atoms with Crippen molar-refractivity contribution >= 4 is 17.7 Å². The SMILES string of the molecule is Cc1nc2n(n1)CCN(C(=O)c1c(C)ncnc1C)CCCC(=O)N(C)[C@@H](C)C(=O)N[C@@H]2CC(C)C. The number of hydrogen-bond acceptors (Lipinski definition) is 7. The van der Waals surface area contributed by atoms with Crippen LogP contribution in [0.25, 0.3) is 0 Å². The van der Waals surface area contributed by atoms with Gasteiger partial charge in [-0.2, -0.15) is 5.10 Å². The van der Waals surface area contributed by atoms with Crippen molar-refractivity contribution in [2.75, 3.05) is 20.1 Å². The van der Waals surface area contributed by atoms with Crippen LogP contribution in [0.15, 0.2) is 6.33 Å². The number of carbonyl (C=O) groups excluding carboxylic acids is 3. The van der Waals surface area contributed by atoms with Crippen LogP contribution in [0.4, 0.5) is 0 Å². The summed E-state index contributed by atoms with van der Waals surface area (Å²) < 4.78 is 1.79. The van der Waals surface area contributed by atoms with Crippen LogP contribution in [-0.4, -0.2) is 78.4 Å². The fourth-order valence-electron chi connectivity index (χ4n) is 4.47. The smallest absolute Gasteiger partial charge is 0.257 e. The number of likely N-dealkylation sites (N-methyl/N-ethyl adjacent to an activating group) is 1. The molecule has 36 heavy (non-hydrogen) atoms. The highest BCUT2D eigenvalue weighted by atomic mass is 16.2. The number of rotatable bonds is 3. The first kappa shape index (κ1) is 27.2. The van der Waals surface area contributed by atoms with E-state index >= 15 is 0 Å². The van der Waals surface area contributed by atoms with Gasteiger partial charge in [-0.1, -0.05) is 13.8 Å². The first-order chi connectivity index (χ1) is 17.0. The maximum atomic E-state index is 13.6. The lowest BCUT2D eigenvalue weighted by Gasteiger charge is -2.29. The molecule has 0 spiro atoms. The maximum Gasteiger partial charge on any atom is 0.257 e. The molecule has 0 saturated carbocycles. The average Bonchev–Trinajstić information content (AvgIpc) is 3.18. The third-order valence-electron chi connectivity index (χ3n) is 6.62. The van der Waals surface area contributed by atoms with Crippen LogP contribution >= 0.6 is 0 Å². The van der Waals surface area contributed by atoms with Gasteiger partial charge < -0.3 is 15.1 Å². The molecule has 11 heteroatoms. The van der Waals surface area contributed by atoms with E-state index in [9.17, 15) is 14.4 Å². The summed E-state index contributed by atoms with van der Waals surface area (Å²) in [6.07, 6.45) is 2.81. The van der Waals surface area contributed by atoms with E-state index in [4.69, 9.17) is 0 Å². The van der Waals surface area contributed by atoms with Gasteiger partial charge >= 0.3 is 0 Å². The summed E-state index contributed by atoms with van der Waals surface area (Å²) in [5.74, 6) is 0.993. The minimum absolute atomic E-state index is 0.142. The topological polar surface area (TPSA) is 126 Å². The molecule has 0 saturated heterocycles. The summed E-state index contributed by atoms with van der Waals surface area (Å²) in [7, 11) is 1.64. The normalized spacial score (nSPS) is 20.2. The van der Waals surface area contributed by atoms with E-state index < -0.39 is 6.04 Å². The number of nitrogens with one attached hydrogen (secondary N) is 1. The lowest BCUT2D eigenvalue weighted by molar-refractivity contribution is -0.138. The van der Waals surface area contributed by atoms with E-state index in [1.165, 1.54) is 11.2 Å².